The van der Waals surface area contributed by atoms with Gasteiger partial charge in [-0.3, -0.25) is 5.32 Å². The number of nitrogens with one attached hydrogen (secondary N) is 1. The first-order chi connectivity index (χ1) is 7.46. The Bertz CT molecular complexity index is 360. The van der Waals surface area contributed by atoms with Crippen molar-refractivity contribution in [2.75, 3.05) is 6.54 Å². The van der Waals surface area contributed by atoms with Crippen molar-refractivity contribution >= 4 is 0 Å². The molecule has 0 amide bonds. The topological polar surface area (TPSA) is 24.6 Å². The van der Waals surface area contributed by atoms with Crippen molar-refractivity contribution < 1.29 is 17.9 Å². The fourth-order valence-electron chi connectivity index (χ4n) is 1.49. The summed E-state index contributed by atoms with van der Waals surface area (Å²) < 4.78 is 40.9. The Labute approximate surface area is 91.4 Å². The van der Waals surface area contributed by atoms with Crippen LogP contribution >= 0.6 is 0 Å². The fourth-order valence-corrected chi connectivity index (χ4v) is 1.49. The monoisotopic (exact) mass is 231 g/mol. The lowest BCUT2D eigenvalue weighted by atomic mass is 10.1. The summed E-state index contributed by atoms with van der Waals surface area (Å²) >= 11 is 0. The predicted molar refractivity (Wildman–Crippen MR) is 52.9 cm³/mol. The van der Waals surface area contributed by atoms with Crippen LogP contribution in [0.15, 0.2) is 24.3 Å². The van der Waals surface area contributed by atoms with E-state index in [1.807, 2.05) is 31.2 Å². The Morgan fingerprint density at radius 3 is 2.44 bits per heavy atom. The molecule has 0 radical (unpaired) electrons. The molecule has 2 nitrogen and oxygen atoms in total. The van der Waals surface area contributed by atoms with Crippen LogP contribution in [0.3, 0.4) is 0 Å². The quantitative estimate of drug-likeness (QED) is 0.808. The smallest absolute Gasteiger partial charge is 0.348 e. The lowest BCUT2D eigenvalue weighted by molar-refractivity contribution is -0.126. The Morgan fingerprint density at radius 1 is 1.25 bits per heavy atom. The van der Waals surface area contributed by atoms with E-state index < -0.39 is 18.9 Å². The summed E-state index contributed by atoms with van der Waals surface area (Å²) in [5.41, 5.74) is 2.02. The minimum absolute atomic E-state index is 0.247. The molecule has 0 spiro atoms. The van der Waals surface area contributed by atoms with Crippen molar-refractivity contribution in [1.82, 2.24) is 5.32 Å². The molecule has 2 atom stereocenters. The zero-order chi connectivity index (χ0) is 11.8. The Hall–Kier alpha value is -1.07. The molecule has 1 aromatic rings. The van der Waals surface area contributed by atoms with Crippen LogP contribution in [-0.4, -0.2) is 18.9 Å². The highest BCUT2D eigenvalue weighted by molar-refractivity contribution is 5.26. The first-order valence-electron chi connectivity index (χ1n) is 4.98. The number of ether oxygens (including phenoxy) is 1. The third kappa shape index (κ3) is 2.96. The van der Waals surface area contributed by atoms with Crippen LogP contribution in [0.5, 0.6) is 0 Å². The normalized spacial score (nSPS) is 24.5. The van der Waals surface area contributed by atoms with Crippen molar-refractivity contribution in [2.24, 2.45) is 0 Å². The molecule has 5 heteroatoms. The molecule has 0 aromatic heterocycles. The second kappa shape index (κ2) is 4.07. The molecule has 2 unspecified atom stereocenters. The Kier molecular flexibility index (Phi) is 2.90. The lowest BCUT2D eigenvalue weighted by Gasteiger charge is -2.05. The second-order valence-corrected chi connectivity index (χ2v) is 3.88. The number of epoxide rings is 1. The van der Waals surface area contributed by atoms with Crippen molar-refractivity contribution in [3.8, 4) is 0 Å². The van der Waals surface area contributed by atoms with Crippen LogP contribution in [-0.2, 0) is 4.74 Å². The zero-order valence-corrected chi connectivity index (χ0v) is 8.71. The molecule has 1 aliphatic rings. The highest BCUT2D eigenvalue weighted by atomic mass is 19.4. The molecular weight excluding hydrogens is 219 g/mol. The fraction of sp³-hybridized carbons (Fsp3) is 0.455. The van der Waals surface area contributed by atoms with Gasteiger partial charge in [-0.1, -0.05) is 29.8 Å². The summed E-state index contributed by atoms with van der Waals surface area (Å²) in [4.78, 5) is 0. The summed E-state index contributed by atoms with van der Waals surface area (Å²) in [6.07, 6.45) is -4.95. The highest BCUT2D eigenvalue weighted by Gasteiger charge is 2.42. The summed E-state index contributed by atoms with van der Waals surface area (Å²) in [6.45, 7) is 0.941. The van der Waals surface area contributed by atoms with Gasteiger partial charge in [0.1, 0.15) is 12.3 Å². The molecule has 0 bridgehead atoms. The number of alkyl halides is 3. The lowest BCUT2D eigenvalue weighted by Crippen LogP contribution is -2.31. The highest BCUT2D eigenvalue weighted by Crippen LogP contribution is 2.37. The van der Waals surface area contributed by atoms with Crippen LogP contribution in [0.4, 0.5) is 13.2 Å². The number of hydrogen-bond acceptors (Lipinski definition) is 2. The summed E-state index contributed by atoms with van der Waals surface area (Å²) in [5.74, 6) is 0. The van der Waals surface area contributed by atoms with Gasteiger partial charge < -0.3 is 4.74 Å². The van der Waals surface area contributed by atoms with E-state index in [-0.39, 0.29) is 6.10 Å². The van der Waals surface area contributed by atoms with Gasteiger partial charge in [-0.05, 0) is 12.5 Å². The minimum atomic E-state index is -4.19. The van der Waals surface area contributed by atoms with E-state index >= 15 is 0 Å². The maximum atomic E-state index is 11.9. The van der Waals surface area contributed by atoms with Gasteiger partial charge in [0, 0.05) is 0 Å². The molecule has 0 aliphatic carbocycles. The molecule has 88 valence electrons. The molecule has 16 heavy (non-hydrogen) atoms. The van der Waals surface area contributed by atoms with E-state index in [1.54, 1.807) is 0 Å². The number of halogens is 3. The van der Waals surface area contributed by atoms with Gasteiger partial charge in [-0.25, -0.2) is 0 Å². The molecular formula is C11H12F3NO. The third-order valence-corrected chi connectivity index (χ3v) is 2.40. The molecule has 0 saturated carbocycles. The second-order valence-electron chi connectivity index (χ2n) is 3.88. The van der Waals surface area contributed by atoms with Gasteiger partial charge in [0.15, 0.2) is 0 Å². The average Bonchev–Trinajstić information content (AvgIpc) is 2.94. The van der Waals surface area contributed by atoms with Gasteiger partial charge in [-0.2, -0.15) is 13.2 Å². The van der Waals surface area contributed by atoms with Crippen LogP contribution in [0.1, 0.15) is 17.2 Å². The van der Waals surface area contributed by atoms with Crippen LogP contribution in [0.25, 0.3) is 0 Å². The average molecular weight is 231 g/mol. The standard InChI is InChI=1S/C11H12F3NO/c1-7-2-4-8(5-3-7)9-10(16-9)15-6-11(12,13)14/h2-5,9-10,15H,6H2,1H3. The summed E-state index contributed by atoms with van der Waals surface area (Å²) in [6, 6.07) is 7.57. The van der Waals surface area contributed by atoms with E-state index in [4.69, 9.17) is 4.74 Å². The van der Waals surface area contributed by atoms with Crippen molar-refractivity contribution in [3.05, 3.63) is 35.4 Å². The molecule has 1 N–H and O–H groups in total. The Morgan fingerprint density at radius 2 is 1.88 bits per heavy atom. The summed E-state index contributed by atoms with van der Waals surface area (Å²) in [7, 11) is 0. The maximum Gasteiger partial charge on any atom is 0.401 e. The molecule has 2 rings (SSSR count). The van der Waals surface area contributed by atoms with Crippen molar-refractivity contribution in [3.63, 3.8) is 0 Å². The van der Waals surface area contributed by atoms with E-state index in [0.29, 0.717) is 0 Å². The number of hydrogen-bond donors (Lipinski definition) is 1. The summed E-state index contributed by atoms with van der Waals surface area (Å²) in [5, 5.41) is 2.31. The third-order valence-electron chi connectivity index (χ3n) is 2.40. The SMILES string of the molecule is Cc1ccc(C2OC2NCC(F)(F)F)cc1. The Balaban J connectivity index is 1.85. The van der Waals surface area contributed by atoms with Gasteiger partial charge in [-0.15, -0.1) is 0 Å². The molecule has 1 aromatic carbocycles. The largest absolute Gasteiger partial charge is 0.401 e. The number of benzene rings is 1. The molecule has 1 heterocycles. The first-order valence-corrected chi connectivity index (χ1v) is 4.98. The van der Waals surface area contributed by atoms with E-state index in [2.05, 4.69) is 5.32 Å². The predicted octanol–water partition coefficient (Wildman–Crippen LogP) is 2.54. The van der Waals surface area contributed by atoms with E-state index in [9.17, 15) is 13.2 Å². The van der Waals surface area contributed by atoms with Gasteiger partial charge >= 0.3 is 6.18 Å². The van der Waals surface area contributed by atoms with E-state index in [1.165, 1.54) is 0 Å². The van der Waals surface area contributed by atoms with Crippen molar-refractivity contribution in [2.45, 2.75) is 25.4 Å². The molecule has 1 fully saturated rings. The molecule has 1 aliphatic heterocycles. The zero-order valence-electron chi connectivity index (χ0n) is 8.71. The number of aryl methyl sites for hydroxylation is 1. The van der Waals surface area contributed by atoms with Gasteiger partial charge in [0.25, 0.3) is 0 Å². The molecule has 1 saturated heterocycles. The van der Waals surface area contributed by atoms with Crippen LogP contribution in [0, 0.1) is 6.92 Å². The van der Waals surface area contributed by atoms with Crippen molar-refractivity contribution in [1.29, 1.82) is 0 Å². The van der Waals surface area contributed by atoms with E-state index in [0.717, 1.165) is 11.1 Å². The number of rotatable bonds is 3. The first kappa shape index (κ1) is 11.4. The van der Waals surface area contributed by atoms with Crippen LogP contribution in [0.2, 0.25) is 0 Å². The van der Waals surface area contributed by atoms with Gasteiger partial charge in [0.05, 0.1) is 6.54 Å². The maximum absolute atomic E-state index is 11.9. The van der Waals surface area contributed by atoms with Gasteiger partial charge in [0.2, 0.25) is 0 Å². The van der Waals surface area contributed by atoms with Crippen LogP contribution < -0.4 is 5.32 Å². The minimum Gasteiger partial charge on any atom is -0.348 e.